The summed E-state index contributed by atoms with van der Waals surface area (Å²) in [7, 11) is 0. The van der Waals surface area contributed by atoms with Gasteiger partial charge in [0.05, 0.1) is 11.9 Å². The zero-order valence-corrected chi connectivity index (χ0v) is 14.2. The topological polar surface area (TPSA) is 46.9 Å². The van der Waals surface area contributed by atoms with E-state index in [4.69, 9.17) is 0 Å². The first-order valence-corrected chi connectivity index (χ1v) is 8.79. The van der Waals surface area contributed by atoms with Crippen molar-refractivity contribution >= 4 is 33.4 Å². The minimum absolute atomic E-state index is 0.0597. The van der Waals surface area contributed by atoms with Gasteiger partial charge in [0.15, 0.2) is 0 Å². The SMILES string of the molecule is CCCCn1ncc(NC(C)CCSC)c(Br)c1=O. The lowest BCUT2D eigenvalue weighted by atomic mass is 10.2. The van der Waals surface area contributed by atoms with Crippen LogP contribution >= 0.6 is 27.7 Å². The Kier molecular flexibility index (Phi) is 7.53. The van der Waals surface area contributed by atoms with Crippen LogP contribution in [0.3, 0.4) is 0 Å². The van der Waals surface area contributed by atoms with Gasteiger partial charge in [-0.15, -0.1) is 0 Å². The van der Waals surface area contributed by atoms with Crippen LogP contribution < -0.4 is 10.9 Å². The van der Waals surface area contributed by atoms with Gasteiger partial charge in [-0.1, -0.05) is 13.3 Å². The molecule has 1 unspecified atom stereocenters. The molecule has 1 aromatic rings. The molecule has 108 valence electrons. The number of thioether (sulfide) groups is 1. The Morgan fingerprint density at radius 2 is 2.32 bits per heavy atom. The molecule has 4 nitrogen and oxygen atoms in total. The Morgan fingerprint density at radius 3 is 2.95 bits per heavy atom. The first-order chi connectivity index (χ1) is 9.10. The zero-order chi connectivity index (χ0) is 14.3. The number of nitrogens with zero attached hydrogens (tertiary/aromatic N) is 2. The summed E-state index contributed by atoms with van der Waals surface area (Å²) in [6, 6.07) is 0.330. The van der Waals surface area contributed by atoms with Crippen LogP contribution in [0.4, 0.5) is 5.69 Å². The molecule has 1 aromatic heterocycles. The van der Waals surface area contributed by atoms with E-state index in [2.05, 4.69) is 46.4 Å². The van der Waals surface area contributed by atoms with Crippen LogP contribution in [0.5, 0.6) is 0 Å². The van der Waals surface area contributed by atoms with Crippen molar-refractivity contribution in [3.63, 3.8) is 0 Å². The summed E-state index contributed by atoms with van der Waals surface area (Å²) in [5, 5.41) is 7.55. The lowest BCUT2D eigenvalue weighted by Crippen LogP contribution is -2.26. The predicted octanol–water partition coefficient (Wildman–Crippen LogP) is 3.36. The number of halogens is 1. The Balaban J connectivity index is 2.75. The normalized spacial score (nSPS) is 12.4. The summed E-state index contributed by atoms with van der Waals surface area (Å²) < 4.78 is 2.10. The molecule has 0 fully saturated rings. The summed E-state index contributed by atoms with van der Waals surface area (Å²) in [4.78, 5) is 12.1. The van der Waals surface area contributed by atoms with Crippen LogP contribution in [-0.4, -0.2) is 27.8 Å². The first kappa shape index (κ1) is 16.6. The quantitative estimate of drug-likeness (QED) is 0.783. The van der Waals surface area contributed by atoms with E-state index in [0.29, 0.717) is 17.1 Å². The van der Waals surface area contributed by atoms with Crippen LogP contribution in [0.15, 0.2) is 15.5 Å². The van der Waals surface area contributed by atoms with Crippen LogP contribution in [0, 0.1) is 0 Å². The number of aromatic nitrogens is 2. The minimum atomic E-state index is -0.0597. The molecule has 0 aliphatic rings. The Bertz CT molecular complexity index is 450. The third kappa shape index (κ3) is 5.18. The highest BCUT2D eigenvalue weighted by atomic mass is 79.9. The molecular formula is C13H22BrN3OS. The highest BCUT2D eigenvalue weighted by Gasteiger charge is 2.10. The fourth-order valence-corrected chi connectivity index (χ4v) is 2.68. The van der Waals surface area contributed by atoms with Crippen LogP contribution in [0.25, 0.3) is 0 Å². The van der Waals surface area contributed by atoms with Gasteiger partial charge in [-0.2, -0.15) is 16.9 Å². The van der Waals surface area contributed by atoms with Crippen molar-refractivity contribution in [1.29, 1.82) is 0 Å². The second-order valence-corrected chi connectivity index (χ2v) is 6.36. The van der Waals surface area contributed by atoms with Crippen LogP contribution in [0.1, 0.15) is 33.1 Å². The van der Waals surface area contributed by atoms with E-state index in [1.807, 2.05) is 11.8 Å². The molecule has 0 spiro atoms. The molecule has 0 radical (unpaired) electrons. The Labute approximate surface area is 127 Å². The predicted molar refractivity (Wildman–Crippen MR) is 87.2 cm³/mol. The summed E-state index contributed by atoms with van der Waals surface area (Å²) >= 11 is 5.20. The molecule has 1 heterocycles. The zero-order valence-electron chi connectivity index (χ0n) is 11.8. The van der Waals surface area contributed by atoms with Crippen LogP contribution in [-0.2, 0) is 6.54 Å². The molecule has 0 aliphatic carbocycles. The highest BCUT2D eigenvalue weighted by molar-refractivity contribution is 9.10. The number of anilines is 1. The van der Waals surface area contributed by atoms with E-state index in [-0.39, 0.29) is 5.56 Å². The number of nitrogens with one attached hydrogen (secondary N) is 1. The van der Waals surface area contributed by atoms with Gasteiger partial charge in [0.2, 0.25) is 0 Å². The molecule has 6 heteroatoms. The van der Waals surface area contributed by atoms with E-state index in [1.165, 1.54) is 4.68 Å². The van der Waals surface area contributed by atoms with Crippen molar-refractivity contribution in [3.8, 4) is 0 Å². The molecular weight excluding hydrogens is 326 g/mol. The molecule has 19 heavy (non-hydrogen) atoms. The van der Waals surface area contributed by atoms with Crippen molar-refractivity contribution in [2.45, 2.75) is 45.7 Å². The summed E-state index contributed by atoms with van der Waals surface area (Å²) in [5.41, 5.74) is 0.724. The molecule has 1 N–H and O–H groups in total. The van der Waals surface area contributed by atoms with Gasteiger partial charge in [0.1, 0.15) is 4.47 Å². The number of aryl methyl sites for hydroxylation is 1. The smallest absolute Gasteiger partial charge is 0.283 e. The van der Waals surface area contributed by atoms with E-state index in [0.717, 1.165) is 30.7 Å². The van der Waals surface area contributed by atoms with Gasteiger partial charge in [-0.05, 0) is 47.7 Å². The third-order valence-electron chi connectivity index (χ3n) is 2.87. The highest BCUT2D eigenvalue weighted by Crippen LogP contribution is 2.18. The fraction of sp³-hybridized carbons (Fsp3) is 0.692. The fourth-order valence-electron chi connectivity index (χ4n) is 1.67. The number of unbranched alkanes of at least 4 members (excludes halogenated alkanes) is 1. The van der Waals surface area contributed by atoms with Gasteiger partial charge in [0.25, 0.3) is 5.56 Å². The molecule has 1 atom stereocenters. The van der Waals surface area contributed by atoms with E-state index in [1.54, 1.807) is 6.20 Å². The Morgan fingerprint density at radius 1 is 1.58 bits per heavy atom. The van der Waals surface area contributed by atoms with E-state index < -0.39 is 0 Å². The maximum absolute atomic E-state index is 12.1. The lowest BCUT2D eigenvalue weighted by molar-refractivity contribution is 0.540. The van der Waals surface area contributed by atoms with Crippen molar-refractivity contribution in [3.05, 3.63) is 21.0 Å². The minimum Gasteiger partial charge on any atom is -0.380 e. The monoisotopic (exact) mass is 347 g/mol. The Hall–Kier alpha value is -0.490. The number of hydrogen-bond acceptors (Lipinski definition) is 4. The van der Waals surface area contributed by atoms with Gasteiger partial charge in [0, 0.05) is 12.6 Å². The van der Waals surface area contributed by atoms with Gasteiger partial charge >= 0.3 is 0 Å². The van der Waals surface area contributed by atoms with Crippen molar-refractivity contribution in [2.24, 2.45) is 0 Å². The third-order valence-corrected chi connectivity index (χ3v) is 4.28. The van der Waals surface area contributed by atoms with Gasteiger partial charge in [-0.25, -0.2) is 4.68 Å². The summed E-state index contributed by atoms with van der Waals surface area (Å²) in [5.74, 6) is 1.10. The van der Waals surface area contributed by atoms with Gasteiger partial charge < -0.3 is 5.32 Å². The average Bonchev–Trinajstić information content (AvgIpc) is 2.41. The number of rotatable bonds is 8. The molecule has 0 saturated carbocycles. The molecule has 0 aromatic carbocycles. The summed E-state index contributed by atoms with van der Waals surface area (Å²) in [6.07, 6.45) is 6.91. The second kappa shape index (κ2) is 8.64. The number of hydrogen-bond donors (Lipinski definition) is 1. The van der Waals surface area contributed by atoms with Crippen molar-refractivity contribution in [1.82, 2.24) is 9.78 Å². The van der Waals surface area contributed by atoms with E-state index in [9.17, 15) is 4.79 Å². The first-order valence-electron chi connectivity index (χ1n) is 6.61. The van der Waals surface area contributed by atoms with Crippen molar-refractivity contribution in [2.75, 3.05) is 17.3 Å². The van der Waals surface area contributed by atoms with E-state index >= 15 is 0 Å². The standard InChI is InChI=1S/C13H22BrN3OS/c1-4-5-7-17-13(18)12(14)11(9-15-17)16-10(2)6-8-19-3/h9-10,16H,4-8H2,1-3H3. The molecule has 0 amide bonds. The molecule has 0 bridgehead atoms. The lowest BCUT2D eigenvalue weighted by Gasteiger charge is -2.16. The molecule has 0 saturated heterocycles. The maximum Gasteiger partial charge on any atom is 0.283 e. The molecule has 1 rings (SSSR count). The molecule has 0 aliphatic heterocycles. The van der Waals surface area contributed by atoms with Crippen molar-refractivity contribution < 1.29 is 0 Å². The maximum atomic E-state index is 12.1. The largest absolute Gasteiger partial charge is 0.380 e. The second-order valence-electron chi connectivity index (χ2n) is 4.58. The van der Waals surface area contributed by atoms with Crippen LogP contribution in [0.2, 0.25) is 0 Å². The van der Waals surface area contributed by atoms with Gasteiger partial charge in [-0.3, -0.25) is 4.79 Å². The summed E-state index contributed by atoms with van der Waals surface area (Å²) in [6.45, 7) is 4.89. The average molecular weight is 348 g/mol.